The van der Waals surface area contributed by atoms with E-state index in [1.54, 1.807) is 31.2 Å². The van der Waals surface area contributed by atoms with Crippen LogP contribution in [0.5, 0.6) is 0 Å². The first kappa shape index (κ1) is 21.8. The van der Waals surface area contributed by atoms with Crippen molar-refractivity contribution < 1.29 is 33.3 Å². The highest BCUT2D eigenvalue weighted by molar-refractivity contribution is 5.90. The molecule has 0 spiro atoms. The highest BCUT2D eigenvalue weighted by atomic mass is 16.6. The number of anilines is 2. The van der Waals surface area contributed by atoms with Crippen molar-refractivity contribution in [2.75, 3.05) is 32.2 Å². The molecule has 1 aromatic heterocycles. The molecule has 0 bridgehead atoms. The van der Waals surface area contributed by atoms with E-state index in [2.05, 4.69) is 15.4 Å². The van der Waals surface area contributed by atoms with Crippen molar-refractivity contribution in [3.63, 3.8) is 0 Å². The van der Waals surface area contributed by atoms with Crippen molar-refractivity contribution >= 4 is 29.5 Å². The molecule has 11 heteroatoms. The second kappa shape index (κ2) is 10.8. The normalized spacial score (nSPS) is 10.3. The summed E-state index contributed by atoms with van der Waals surface area (Å²) in [5, 5.41) is 7.09. The van der Waals surface area contributed by atoms with Gasteiger partial charge in [-0.2, -0.15) is 4.98 Å². The van der Waals surface area contributed by atoms with Crippen molar-refractivity contribution in [2.24, 2.45) is 0 Å². The molecule has 29 heavy (non-hydrogen) atoms. The average Bonchev–Trinajstić information content (AvgIpc) is 3.10. The van der Waals surface area contributed by atoms with Gasteiger partial charge in [-0.3, -0.25) is 4.79 Å². The molecule has 0 saturated carbocycles. The van der Waals surface area contributed by atoms with Crippen LogP contribution >= 0.6 is 0 Å². The third-order valence-corrected chi connectivity index (χ3v) is 3.44. The number of carbonyl (C=O) groups excluding carboxylic acids is 3. The molecule has 1 heterocycles. The molecule has 0 atom stereocenters. The summed E-state index contributed by atoms with van der Waals surface area (Å²) in [7, 11) is 1.23. The maximum Gasteiger partial charge on any atom is 0.375 e. The van der Waals surface area contributed by atoms with Crippen LogP contribution in [-0.2, 0) is 30.5 Å². The van der Waals surface area contributed by atoms with Crippen molar-refractivity contribution in [1.29, 1.82) is 0 Å². The second-order valence-corrected chi connectivity index (χ2v) is 5.55. The Kier molecular flexibility index (Phi) is 8.10. The molecule has 2 rings (SSSR count). The summed E-state index contributed by atoms with van der Waals surface area (Å²) in [6.07, 6.45) is 0. The van der Waals surface area contributed by atoms with E-state index in [1.807, 2.05) is 0 Å². The third-order valence-electron chi connectivity index (χ3n) is 3.44. The van der Waals surface area contributed by atoms with Crippen molar-refractivity contribution in [3.8, 4) is 0 Å². The topological polar surface area (TPSA) is 131 Å². The molecular weight excluding hydrogens is 384 g/mol. The molecular formula is C18H22N4O7. The minimum absolute atomic E-state index is 0.0642. The van der Waals surface area contributed by atoms with E-state index in [4.69, 9.17) is 18.9 Å². The van der Waals surface area contributed by atoms with E-state index in [-0.39, 0.29) is 31.7 Å². The lowest BCUT2D eigenvalue weighted by Gasteiger charge is -2.06. The zero-order valence-corrected chi connectivity index (χ0v) is 16.3. The number of methoxy groups -OCH3 is 1. The summed E-state index contributed by atoms with van der Waals surface area (Å²) < 4.78 is 20.9. The van der Waals surface area contributed by atoms with Gasteiger partial charge in [0.1, 0.15) is 13.3 Å². The Hall–Kier alpha value is -3.47. The van der Waals surface area contributed by atoms with Crippen LogP contribution < -0.4 is 5.32 Å². The van der Waals surface area contributed by atoms with Crippen LogP contribution in [0.25, 0.3) is 0 Å². The molecule has 1 aromatic carbocycles. The van der Waals surface area contributed by atoms with E-state index in [0.717, 1.165) is 0 Å². The Bertz CT molecular complexity index is 848. The smallest absolute Gasteiger partial charge is 0.375 e. The first-order valence-corrected chi connectivity index (χ1v) is 8.73. The third kappa shape index (κ3) is 6.57. The van der Waals surface area contributed by atoms with Crippen LogP contribution in [0.1, 0.15) is 34.8 Å². The van der Waals surface area contributed by atoms with Gasteiger partial charge in [-0.25, -0.2) is 14.3 Å². The summed E-state index contributed by atoms with van der Waals surface area (Å²) in [6.45, 7) is 3.42. The number of nitrogens with one attached hydrogen (secondary N) is 1. The Morgan fingerprint density at radius 3 is 2.41 bits per heavy atom. The summed E-state index contributed by atoms with van der Waals surface area (Å²) >= 11 is 0. The summed E-state index contributed by atoms with van der Waals surface area (Å²) in [6, 6.07) is 6.49. The van der Waals surface area contributed by atoms with E-state index >= 15 is 0 Å². The molecule has 11 nitrogen and oxygen atoms in total. The molecule has 0 aliphatic rings. The summed E-state index contributed by atoms with van der Waals surface area (Å²) in [4.78, 5) is 38.4. The number of esters is 3. The molecule has 0 aliphatic carbocycles. The van der Waals surface area contributed by atoms with Crippen LogP contribution in [0.2, 0.25) is 0 Å². The van der Waals surface area contributed by atoms with Gasteiger partial charge in [0, 0.05) is 12.6 Å². The SMILES string of the molecule is CCOC(=O)c1ccc(Nc2nc(C(=O)OC)n(COCCOC(C)=O)n2)cc1. The number of hydrogen-bond acceptors (Lipinski definition) is 10. The number of nitrogens with zero attached hydrogens (tertiary/aromatic N) is 3. The summed E-state index contributed by atoms with van der Waals surface area (Å²) in [5.41, 5.74) is 1.01. The number of rotatable bonds is 10. The molecule has 2 aromatic rings. The predicted molar refractivity (Wildman–Crippen MR) is 99.6 cm³/mol. The lowest BCUT2D eigenvalue weighted by Crippen LogP contribution is -2.16. The minimum atomic E-state index is -0.688. The van der Waals surface area contributed by atoms with Crippen LogP contribution in [0, 0.1) is 0 Å². The monoisotopic (exact) mass is 406 g/mol. The standard InChI is InChI=1S/C18H22N4O7/c1-4-28-16(24)13-5-7-14(8-6-13)19-18-20-15(17(25)26-3)22(21-18)11-27-9-10-29-12(2)23/h5-8H,4,9-11H2,1-3H3,(H,19,21). The average molecular weight is 406 g/mol. The molecule has 0 aliphatic heterocycles. The van der Waals surface area contributed by atoms with E-state index in [9.17, 15) is 14.4 Å². The maximum atomic E-state index is 11.9. The highest BCUT2D eigenvalue weighted by Crippen LogP contribution is 2.16. The molecule has 0 saturated heterocycles. The number of ether oxygens (including phenoxy) is 4. The first-order chi connectivity index (χ1) is 13.9. The van der Waals surface area contributed by atoms with Crippen molar-refractivity contribution in [2.45, 2.75) is 20.6 Å². The molecule has 0 fully saturated rings. The fourth-order valence-electron chi connectivity index (χ4n) is 2.16. The van der Waals surface area contributed by atoms with Crippen molar-refractivity contribution in [1.82, 2.24) is 14.8 Å². The maximum absolute atomic E-state index is 11.9. The highest BCUT2D eigenvalue weighted by Gasteiger charge is 2.18. The van der Waals surface area contributed by atoms with E-state index < -0.39 is 17.9 Å². The molecule has 0 unspecified atom stereocenters. The predicted octanol–water partition coefficient (Wildman–Crippen LogP) is 1.52. The van der Waals surface area contributed by atoms with Gasteiger partial charge in [0.25, 0.3) is 0 Å². The van der Waals surface area contributed by atoms with Gasteiger partial charge in [-0.1, -0.05) is 0 Å². The zero-order valence-electron chi connectivity index (χ0n) is 16.3. The van der Waals surface area contributed by atoms with Crippen LogP contribution in [0.3, 0.4) is 0 Å². The Morgan fingerprint density at radius 2 is 1.79 bits per heavy atom. The van der Waals surface area contributed by atoms with Gasteiger partial charge in [-0.15, -0.1) is 5.10 Å². The lowest BCUT2D eigenvalue weighted by atomic mass is 10.2. The zero-order chi connectivity index (χ0) is 21.2. The van der Waals surface area contributed by atoms with Gasteiger partial charge in [-0.05, 0) is 31.2 Å². The number of benzene rings is 1. The quantitative estimate of drug-likeness (QED) is 0.352. The van der Waals surface area contributed by atoms with Crippen LogP contribution in [-0.4, -0.2) is 59.6 Å². The van der Waals surface area contributed by atoms with Gasteiger partial charge in [0.2, 0.25) is 11.8 Å². The number of hydrogen-bond donors (Lipinski definition) is 1. The van der Waals surface area contributed by atoms with E-state index in [1.165, 1.54) is 18.7 Å². The molecule has 1 N–H and O–H groups in total. The fraction of sp³-hybridized carbons (Fsp3) is 0.389. The van der Waals surface area contributed by atoms with Crippen LogP contribution in [0.15, 0.2) is 24.3 Å². The first-order valence-electron chi connectivity index (χ1n) is 8.73. The number of carbonyl (C=O) groups is 3. The fourth-order valence-corrected chi connectivity index (χ4v) is 2.16. The van der Waals surface area contributed by atoms with Gasteiger partial charge in [0.15, 0.2) is 0 Å². The van der Waals surface area contributed by atoms with Crippen molar-refractivity contribution in [3.05, 3.63) is 35.7 Å². The van der Waals surface area contributed by atoms with Gasteiger partial charge < -0.3 is 24.3 Å². The number of aromatic nitrogens is 3. The van der Waals surface area contributed by atoms with Gasteiger partial charge >= 0.3 is 17.9 Å². The molecule has 156 valence electrons. The second-order valence-electron chi connectivity index (χ2n) is 5.55. The van der Waals surface area contributed by atoms with E-state index in [0.29, 0.717) is 17.9 Å². The Balaban J connectivity index is 2.04. The van der Waals surface area contributed by atoms with Crippen LogP contribution in [0.4, 0.5) is 11.6 Å². The Labute approximate surface area is 166 Å². The minimum Gasteiger partial charge on any atom is -0.463 e. The summed E-state index contributed by atoms with van der Waals surface area (Å²) in [5.74, 6) is -1.44. The molecule has 0 radical (unpaired) electrons. The molecule has 0 amide bonds. The lowest BCUT2D eigenvalue weighted by molar-refractivity contribution is -0.142. The largest absolute Gasteiger partial charge is 0.463 e. The van der Waals surface area contributed by atoms with Gasteiger partial charge in [0.05, 0.1) is 25.9 Å². The Morgan fingerprint density at radius 1 is 1.07 bits per heavy atom.